The van der Waals surface area contributed by atoms with Crippen molar-refractivity contribution in [3.05, 3.63) is 57.9 Å². The third-order valence-electron chi connectivity index (χ3n) is 3.32. The third kappa shape index (κ3) is 3.15. The molecule has 1 aromatic carbocycles. The molecule has 2 nitrogen and oxygen atoms in total. The fourth-order valence-electron chi connectivity index (χ4n) is 2.27. The maximum absolute atomic E-state index is 12.5. The minimum atomic E-state index is 0.0757. The molecule has 0 bridgehead atoms. The molecule has 0 atom stereocenters. The molecule has 2 aromatic rings. The van der Waals surface area contributed by atoms with E-state index in [2.05, 4.69) is 57.7 Å². The molecule has 0 aliphatic carbocycles. The summed E-state index contributed by atoms with van der Waals surface area (Å²) < 4.78 is 1.88. The Morgan fingerprint density at radius 1 is 1.10 bits per heavy atom. The van der Waals surface area contributed by atoms with Crippen molar-refractivity contribution in [3.63, 3.8) is 0 Å². The molecule has 1 heterocycles. The van der Waals surface area contributed by atoms with Crippen LogP contribution in [-0.4, -0.2) is 4.57 Å². The first-order chi connectivity index (χ1) is 9.52. The number of hydrogen-bond acceptors (Lipinski definition) is 2. The summed E-state index contributed by atoms with van der Waals surface area (Å²) in [6, 6.07) is 12.2. The molecule has 0 saturated heterocycles. The van der Waals surface area contributed by atoms with Crippen LogP contribution < -0.4 is 5.56 Å². The van der Waals surface area contributed by atoms with Gasteiger partial charge in [-0.2, -0.15) is 12.6 Å². The van der Waals surface area contributed by atoms with E-state index >= 15 is 0 Å². The van der Waals surface area contributed by atoms with Gasteiger partial charge in [0.15, 0.2) is 0 Å². The summed E-state index contributed by atoms with van der Waals surface area (Å²) in [5, 5.41) is 0. The summed E-state index contributed by atoms with van der Waals surface area (Å²) in [7, 11) is 0. The van der Waals surface area contributed by atoms with E-state index in [9.17, 15) is 4.79 Å². The average molecular weight is 287 g/mol. The van der Waals surface area contributed by atoms with Crippen molar-refractivity contribution in [3.8, 4) is 11.3 Å². The number of hydrogen-bond donors (Lipinski definition) is 1. The number of rotatable bonds is 4. The lowest BCUT2D eigenvalue weighted by atomic mass is 10.1. The molecule has 0 spiro atoms. The Labute approximate surface area is 125 Å². The molecule has 0 aliphatic rings. The molecule has 0 radical (unpaired) electrons. The van der Waals surface area contributed by atoms with Gasteiger partial charge in [-0.3, -0.25) is 4.79 Å². The van der Waals surface area contributed by atoms with Gasteiger partial charge in [-0.1, -0.05) is 49.7 Å². The number of aromatic nitrogens is 1. The normalized spacial score (nSPS) is 11.1. The van der Waals surface area contributed by atoms with Gasteiger partial charge >= 0.3 is 0 Å². The molecule has 0 N–H and O–H groups in total. The largest absolute Gasteiger partial charge is 0.308 e. The maximum atomic E-state index is 12.5. The highest BCUT2D eigenvalue weighted by Gasteiger charge is 2.11. The molecule has 0 unspecified atom stereocenters. The van der Waals surface area contributed by atoms with Crippen LogP contribution in [-0.2, 0) is 12.3 Å². The molecule has 1 aromatic heterocycles. The third-order valence-corrected chi connectivity index (χ3v) is 3.66. The van der Waals surface area contributed by atoms with Crippen molar-refractivity contribution < 1.29 is 0 Å². The van der Waals surface area contributed by atoms with Gasteiger partial charge in [-0.15, -0.1) is 0 Å². The van der Waals surface area contributed by atoms with Crippen LogP contribution in [0.3, 0.4) is 0 Å². The van der Waals surface area contributed by atoms with Crippen LogP contribution >= 0.6 is 12.6 Å². The van der Waals surface area contributed by atoms with Gasteiger partial charge in [0.2, 0.25) is 0 Å². The quantitative estimate of drug-likeness (QED) is 0.846. The number of thiol groups is 1. The van der Waals surface area contributed by atoms with Crippen LogP contribution in [0.5, 0.6) is 0 Å². The van der Waals surface area contributed by atoms with Crippen LogP contribution in [0.15, 0.2) is 41.2 Å². The second-order valence-corrected chi connectivity index (χ2v) is 5.89. The predicted molar refractivity (Wildman–Crippen MR) is 88.4 cm³/mol. The standard InChI is InChI=1S/C17H21NOS/c1-12(2)10-18-16(9-8-15(11-20)17(18)19)14-6-4-13(3)5-7-14/h4-9,12,20H,10-11H2,1-3H3. The van der Waals surface area contributed by atoms with E-state index in [1.807, 2.05) is 16.7 Å². The minimum absolute atomic E-state index is 0.0757. The fraction of sp³-hybridized carbons (Fsp3) is 0.353. The second kappa shape index (κ2) is 6.31. The molecule has 106 valence electrons. The molecule has 0 amide bonds. The maximum Gasteiger partial charge on any atom is 0.255 e. The Hall–Kier alpha value is -1.48. The molecule has 0 saturated carbocycles. The van der Waals surface area contributed by atoms with Gasteiger partial charge in [0.05, 0.1) is 5.69 Å². The highest BCUT2D eigenvalue weighted by atomic mass is 32.1. The van der Waals surface area contributed by atoms with Gasteiger partial charge in [0, 0.05) is 17.9 Å². The summed E-state index contributed by atoms with van der Waals surface area (Å²) in [6.07, 6.45) is 0. The van der Waals surface area contributed by atoms with E-state index in [-0.39, 0.29) is 5.56 Å². The molecule has 3 heteroatoms. The SMILES string of the molecule is Cc1ccc(-c2ccc(CS)c(=O)n2CC(C)C)cc1. The molecule has 0 fully saturated rings. The molecule has 20 heavy (non-hydrogen) atoms. The highest BCUT2D eigenvalue weighted by Crippen LogP contribution is 2.20. The molecular weight excluding hydrogens is 266 g/mol. The first kappa shape index (κ1) is 14.9. The summed E-state index contributed by atoms with van der Waals surface area (Å²) in [4.78, 5) is 12.5. The van der Waals surface area contributed by atoms with Gasteiger partial charge in [-0.05, 0) is 24.5 Å². The van der Waals surface area contributed by atoms with E-state index < -0.39 is 0 Å². The zero-order chi connectivity index (χ0) is 14.7. The van der Waals surface area contributed by atoms with Crippen molar-refractivity contribution in [2.45, 2.75) is 33.1 Å². The first-order valence-electron chi connectivity index (χ1n) is 6.93. The Balaban J connectivity index is 2.60. The number of pyridine rings is 1. The lowest BCUT2D eigenvalue weighted by Crippen LogP contribution is -2.26. The summed E-state index contributed by atoms with van der Waals surface area (Å²) in [5.41, 5.74) is 4.11. The van der Waals surface area contributed by atoms with Crippen molar-refractivity contribution in [1.82, 2.24) is 4.57 Å². The second-order valence-electron chi connectivity index (χ2n) is 5.58. The van der Waals surface area contributed by atoms with Gasteiger partial charge in [0.1, 0.15) is 0 Å². The van der Waals surface area contributed by atoms with E-state index in [4.69, 9.17) is 0 Å². The Bertz CT molecular complexity index is 641. The molecule has 2 rings (SSSR count). The van der Waals surface area contributed by atoms with E-state index in [0.29, 0.717) is 11.7 Å². The predicted octanol–water partition coefficient (Wildman–Crippen LogP) is 3.91. The van der Waals surface area contributed by atoms with Crippen molar-refractivity contribution >= 4 is 12.6 Å². The zero-order valence-corrected chi connectivity index (χ0v) is 13.2. The van der Waals surface area contributed by atoms with E-state index in [0.717, 1.165) is 23.4 Å². The smallest absolute Gasteiger partial charge is 0.255 e. The van der Waals surface area contributed by atoms with Crippen molar-refractivity contribution in [2.75, 3.05) is 0 Å². The van der Waals surface area contributed by atoms with Gasteiger partial charge in [0.25, 0.3) is 5.56 Å². The number of nitrogens with zero attached hydrogens (tertiary/aromatic N) is 1. The zero-order valence-electron chi connectivity index (χ0n) is 12.3. The van der Waals surface area contributed by atoms with E-state index in [1.54, 1.807) is 0 Å². The minimum Gasteiger partial charge on any atom is -0.308 e. The Morgan fingerprint density at radius 2 is 1.75 bits per heavy atom. The fourth-order valence-corrected chi connectivity index (χ4v) is 2.51. The van der Waals surface area contributed by atoms with Crippen LogP contribution in [0.4, 0.5) is 0 Å². The highest BCUT2D eigenvalue weighted by molar-refractivity contribution is 7.79. The topological polar surface area (TPSA) is 22.0 Å². The molecule has 0 aliphatic heterocycles. The van der Waals surface area contributed by atoms with Crippen LogP contribution in [0.2, 0.25) is 0 Å². The Kier molecular flexibility index (Phi) is 4.71. The van der Waals surface area contributed by atoms with Crippen molar-refractivity contribution in [1.29, 1.82) is 0 Å². The van der Waals surface area contributed by atoms with E-state index in [1.165, 1.54) is 5.56 Å². The average Bonchev–Trinajstić information content (AvgIpc) is 2.42. The van der Waals surface area contributed by atoms with Gasteiger partial charge < -0.3 is 4.57 Å². The lowest BCUT2D eigenvalue weighted by molar-refractivity contribution is 0.513. The van der Waals surface area contributed by atoms with Crippen molar-refractivity contribution in [2.24, 2.45) is 5.92 Å². The summed E-state index contributed by atoms with van der Waals surface area (Å²) in [6.45, 7) is 7.04. The number of benzene rings is 1. The number of aryl methyl sites for hydroxylation is 1. The van der Waals surface area contributed by atoms with Gasteiger partial charge in [-0.25, -0.2) is 0 Å². The van der Waals surface area contributed by atoms with Crippen LogP contribution in [0, 0.1) is 12.8 Å². The monoisotopic (exact) mass is 287 g/mol. The first-order valence-corrected chi connectivity index (χ1v) is 7.56. The summed E-state index contributed by atoms with van der Waals surface area (Å²) >= 11 is 4.24. The van der Waals surface area contributed by atoms with Crippen LogP contribution in [0.25, 0.3) is 11.3 Å². The molecular formula is C17H21NOS. The van der Waals surface area contributed by atoms with Crippen LogP contribution in [0.1, 0.15) is 25.0 Å². The summed E-state index contributed by atoms with van der Waals surface area (Å²) in [5.74, 6) is 0.900. The lowest BCUT2D eigenvalue weighted by Gasteiger charge is -2.16. The Morgan fingerprint density at radius 3 is 2.30 bits per heavy atom.